The maximum absolute atomic E-state index is 6.94. The summed E-state index contributed by atoms with van der Waals surface area (Å²) in [6, 6.07) is 0. The van der Waals surface area contributed by atoms with Crippen molar-refractivity contribution in [2.45, 2.75) is 67.1 Å². The topological polar surface area (TPSA) is 23.8 Å². The molecule has 0 saturated heterocycles. The standard InChI is InChI=1S/C9H13.C4H10N.C2H8Si.2ClH.Ti/c1-6-5-7(2)9(4)8(6)3;1-4(2,3)5;1-3-2;;;/h6H,1-4H3;5H,1-3H3;3H2,1-2H3;2*1H;/q2*-1;;;;+4/p-2. The molecule has 5 heteroatoms. The van der Waals surface area contributed by atoms with E-state index in [-0.39, 0.29) is 52.1 Å². The molecular formula is C15H31Cl2NSiTi. The van der Waals surface area contributed by atoms with E-state index < -0.39 is 0 Å². The Kier molecular flexibility index (Phi) is 26.8. The average Bonchev–Trinajstić information content (AvgIpc) is 2.32. The molecule has 1 nitrogen and oxygen atoms in total. The van der Waals surface area contributed by atoms with Crippen molar-refractivity contribution in [3.8, 4) is 0 Å². The summed E-state index contributed by atoms with van der Waals surface area (Å²) in [7, 11) is 0.417. The van der Waals surface area contributed by atoms with Gasteiger partial charge in [-0.2, -0.15) is 11.1 Å². The quantitative estimate of drug-likeness (QED) is 0.378. The molecule has 0 heterocycles. The van der Waals surface area contributed by atoms with E-state index >= 15 is 0 Å². The molecule has 0 fully saturated rings. The molecule has 1 rings (SSSR count). The number of hydrogen-bond donors (Lipinski definition) is 0. The van der Waals surface area contributed by atoms with E-state index in [0.29, 0.717) is 15.4 Å². The summed E-state index contributed by atoms with van der Waals surface area (Å²) in [6.45, 7) is 18.8. The van der Waals surface area contributed by atoms with Crippen molar-refractivity contribution in [3.05, 3.63) is 28.5 Å². The van der Waals surface area contributed by atoms with E-state index in [4.69, 9.17) is 5.73 Å². The molecule has 20 heavy (non-hydrogen) atoms. The molecule has 1 aliphatic carbocycles. The molecule has 0 aromatic rings. The van der Waals surface area contributed by atoms with Crippen molar-refractivity contribution in [1.29, 1.82) is 0 Å². The number of hydrogen-bond acceptors (Lipinski definition) is 0. The first-order valence-corrected chi connectivity index (χ1v) is 9.40. The monoisotopic (exact) mass is 371 g/mol. The van der Waals surface area contributed by atoms with E-state index in [2.05, 4.69) is 46.9 Å². The van der Waals surface area contributed by atoms with E-state index in [9.17, 15) is 0 Å². The first-order valence-electron chi connectivity index (χ1n) is 6.57. The first-order chi connectivity index (χ1) is 7.54. The summed E-state index contributed by atoms with van der Waals surface area (Å²) in [6.07, 6.45) is 3.36. The SMILES string of the molecule is CC(C)(C)[NH-].CC1=[C-]C(C)C(C)=C1C.C[SiH2]C.[Cl-].[Cl-].[Ti+4]. The zero-order valence-corrected chi connectivity index (χ0v) is 19.0. The van der Waals surface area contributed by atoms with Crippen molar-refractivity contribution < 1.29 is 46.5 Å². The molecule has 0 bridgehead atoms. The molecule has 0 amide bonds. The van der Waals surface area contributed by atoms with Gasteiger partial charge in [-0.15, -0.1) is 12.5 Å². The Bertz CT molecular complexity index is 278. The second-order valence-corrected chi connectivity index (χ2v) is 7.17. The van der Waals surface area contributed by atoms with Crippen LogP contribution in [0.1, 0.15) is 48.5 Å². The van der Waals surface area contributed by atoms with Crippen LogP contribution in [0.3, 0.4) is 0 Å². The molecule has 1 atom stereocenters. The van der Waals surface area contributed by atoms with Gasteiger partial charge in [-0.3, -0.25) is 6.08 Å². The van der Waals surface area contributed by atoms with E-state index in [1.807, 2.05) is 20.8 Å². The molecule has 0 radical (unpaired) electrons. The summed E-state index contributed by atoms with van der Waals surface area (Å²) in [5, 5.41) is 0. The molecule has 118 valence electrons. The third-order valence-electron chi connectivity index (χ3n) is 2.24. The number of nitrogens with one attached hydrogen (secondary N) is 1. The number of rotatable bonds is 0. The normalized spacial score (nSPS) is 16.1. The fourth-order valence-corrected chi connectivity index (χ4v) is 1.16. The zero-order valence-electron chi connectivity index (χ0n) is 14.5. The van der Waals surface area contributed by atoms with Crippen molar-refractivity contribution in [1.82, 2.24) is 0 Å². The number of allylic oxidation sites excluding steroid dienone is 4. The maximum Gasteiger partial charge on any atom is 4.00 e. The minimum atomic E-state index is -0.250. The number of halogens is 2. The van der Waals surface area contributed by atoms with Crippen molar-refractivity contribution in [2.75, 3.05) is 0 Å². The predicted octanol–water partition coefficient (Wildman–Crippen LogP) is -1.18. The van der Waals surface area contributed by atoms with Gasteiger partial charge < -0.3 is 30.5 Å². The molecule has 1 aliphatic rings. The van der Waals surface area contributed by atoms with Crippen molar-refractivity contribution in [2.24, 2.45) is 5.92 Å². The minimum Gasteiger partial charge on any atom is -1.00 e. The summed E-state index contributed by atoms with van der Waals surface area (Å²) >= 11 is 0. The van der Waals surface area contributed by atoms with Crippen LogP contribution >= 0.6 is 0 Å². The fourth-order valence-electron chi connectivity index (χ4n) is 1.16. The van der Waals surface area contributed by atoms with Crippen LogP contribution in [0.4, 0.5) is 0 Å². The van der Waals surface area contributed by atoms with Crippen LogP contribution in [0, 0.1) is 12.0 Å². The first kappa shape index (κ1) is 32.8. The molecule has 0 aromatic carbocycles. The summed E-state index contributed by atoms with van der Waals surface area (Å²) in [4.78, 5) is 0. The van der Waals surface area contributed by atoms with Gasteiger partial charge in [-0.1, -0.05) is 60.6 Å². The van der Waals surface area contributed by atoms with E-state index in [1.54, 1.807) is 0 Å². The van der Waals surface area contributed by atoms with Crippen LogP contribution in [0.2, 0.25) is 13.1 Å². The van der Waals surface area contributed by atoms with E-state index in [1.165, 1.54) is 16.7 Å². The predicted molar refractivity (Wildman–Crippen MR) is 84.3 cm³/mol. The van der Waals surface area contributed by atoms with Gasteiger partial charge >= 0.3 is 21.7 Å². The van der Waals surface area contributed by atoms with Gasteiger partial charge in [0.25, 0.3) is 0 Å². The Balaban J connectivity index is -0.0000000601. The maximum atomic E-state index is 6.94. The third kappa shape index (κ3) is 21.3. The Morgan fingerprint density at radius 2 is 1.30 bits per heavy atom. The molecule has 0 spiro atoms. The fraction of sp³-hybridized carbons (Fsp3) is 0.733. The Morgan fingerprint density at radius 1 is 1.05 bits per heavy atom. The van der Waals surface area contributed by atoms with Crippen LogP contribution in [0.15, 0.2) is 16.7 Å². The van der Waals surface area contributed by atoms with Crippen LogP contribution in [0.5, 0.6) is 0 Å². The largest absolute Gasteiger partial charge is 4.00 e. The molecule has 0 saturated carbocycles. The Labute approximate surface area is 157 Å². The van der Waals surface area contributed by atoms with E-state index in [0.717, 1.165) is 0 Å². The molecule has 0 aromatic heterocycles. The Morgan fingerprint density at radius 3 is 1.35 bits per heavy atom. The molecular weight excluding hydrogens is 341 g/mol. The molecule has 0 aliphatic heterocycles. The van der Waals surface area contributed by atoms with Crippen LogP contribution in [0.25, 0.3) is 5.73 Å². The Hall–Kier alpha value is 0.951. The molecule has 1 N–H and O–H groups in total. The van der Waals surface area contributed by atoms with Gasteiger partial charge in [0.15, 0.2) is 0 Å². The summed E-state index contributed by atoms with van der Waals surface area (Å²) in [5.41, 5.74) is 10.9. The molecule has 1 unspecified atom stereocenters. The van der Waals surface area contributed by atoms with Crippen LogP contribution in [-0.4, -0.2) is 15.1 Å². The van der Waals surface area contributed by atoms with Crippen molar-refractivity contribution >= 4 is 9.52 Å². The van der Waals surface area contributed by atoms with Gasteiger partial charge in [-0.05, 0) is 0 Å². The zero-order chi connectivity index (χ0) is 14.2. The second kappa shape index (κ2) is 16.3. The summed E-state index contributed by atoms with van der Waals surface area (Å²) < 4.78 is 0. The van der Waals surface area contributed by atoms with Gasteiger partial charge in [0.2, 0.25) is 0 Å². The van der Waals surface area contributed by atoms with Crippen LogP contribution in [-0.2, 0) is 21.7 Å². The van der Waals surface area contributed by atoms with Crippen LogP contribution < -0.4 is 24.8 Å². The average molecular weight is 372 g/mol. The minimum absolute atomic E-state index is 0. The van der Waals surface area contributed by atoms with Gasteiger partial charge in [0.1, 0.15) is 0 Å². The second-order valence-electron chi connectivity index (χ2n) is 5.76. The van der Waals surface area contributed by atoms with Gasteiger partial charge in [-0.25, -0.2) is 5.57 Å². The smallest absolute Gasteiger partial charge is 1.00 e. The van der Waals surface area contributed by atoms with Gasteiger partial charge in [0, 0.05) is 9.52 Å². The van der Waals surface area contributed by atoms with Gasteiger partial charge in [0.05, 0.1) is 0 Å². The third-order valence-corrected chi connectivity index (χ3v) is 2.24. The summed E-state index contributed by atoms with van der Waals surface area (Å²) in [5.74, 6) is 0.560. The van der Waals surface area contributed by atoms with Crippen molar-refractivity contribution in [3.63, 3.8) is 0 Å².